The van der Waals surface area contributed by atoms with Crippen LogP contribution in [-0.4, -0.2) is 31.4 Å². The average molecular weight is 357 g/mol. The second kappa shape index (κ2) is 7.02. The van der Waals surface area contributed by atoms with Gasteiger partial charge in [0.1, 0.15) is 16.5 Å². The normalized spacial score (nSPS) is 11.0. The lowest BCUT2D eigenvalue weighted by Crippen LogP contribution is -2.12. The smallest absolute Gasteiger partial charge is 0.275 e. The number of carbonyl (C=O) groups excluding carboxylic acids is 1. The zero-order chi connectivity index (χ0) is 18.0. The molecule has 3 rings (SSSR count). The molecule has 3 N–H and O–H groups in total. The third-order valence-electron chi connectivity index (χ3n) is 3.72. The monoisotopic (exact) mass is 357 g/mol. The zero-order valence-corrected chi connectivity index (χ0v) is 15.0. The number of phenolic OH excluding ortho intramolecular Hbond substituents is 1. The van der Waals surface area contributed by atoms with Crippen molar-refractivity contribution in [2.45, 2.75) is 33.1 Å². The molecule has 3 aromatic rings. The van der Waals surface area contributed by atoms with E-state index in [9.17, 15) is 9.90 Å². The fourth-order valence-corrected chi connectivity index (χ4v) is 3.01. The number of aromatic nitrogens is 4. The molecule has 0 unspecified atom stereocenters. The molecule has 25 heavy (non-hydrogen) atoms. The fraction of sp³-hybridized carbons (Fsp3) is 0.294. The van der Waals surface area contributed by atoms with Crippen molar-refractivity contribution in [2.24, 2.45) is 0 Å². The van der Waals surface area contributed by atoms with Crippen molar-refractivity contribution >= 4 is 22.4 Å². The Labute approximate surface area is 149 Å². The van der Waals surface area contributed by atoms with E-state index < -0.39 is 0 Å². The highest BCUT2D eigenvalue weighted by Crippen LogP contribution is 2.29. The largest absolute Gasteiger partial charge is 0.507 e. The maximum absolute atomic E-state index is 12.3. The Morgan fingerprint density at radius 3 is 2.80 bits per heavy atom. The topological polar surface area (TPSA) is 104 Å². The summed E-state index contributed by atoms with van der Waals surface area (Å²) in [7, 11) is 0. The second-order valence-electron chi connectivity index (χ2n) is 5.93. The summed E-state index contributed by atoms with van der Waals surface area (Å²) in [5.41, 5.74) is 2.47. The van der Waals surface area contributed by atoms with Crippen LogP contribution >= 0.6 is 11.3 Å². The molecule has 0 radical (unpaired) electrons. The molecule has 0 spiro atoms. The Morgan fingerprint density at radius 2 is 2.12 bits per heavy atom. The van der Waals surface area contributed by atoms with Gasteiger partial charge in [-0.05, 0) is 30.2 Å². The lowest BCUT2D eigenvalue weighted by atomic mass is 10.1. The molecular formula is C17H19N5O2S. The summed E-state index contributed by atoms with van der Waals surface area (Å²) in [6.07, 6.45) is 0.847. The van der Waals surface area contributed by atoms with E-state index in [4.69, 9.17) is 0 Å². The van der Waals surface area contributed by atoms with E-state index in [1.165, 1.54) is 11.3 Å². The maximum atomic E-state index is 12.3. The number of aromatic hydroxyl groups is 1. The predicted molar refractivity (Wildman–Crippen MR) is 97.0 cm³/mol. The van der Waals surface area contributed by atoms with E-state index in [-0.39, 0.29) is 23.3 Å². The van der Waals surface area contributed by atoms with Gasteiger partial charge in [-0.25, -0.2) is 0 Å². The van der Waals surface area contributed by atoms with E-state index in [0.717, 1.165) is 17.0 Å². The van der Waals surface area contributed by atoms with Crippen molar-refractivity contribution in [3.63, 3.8) is 0 Å². The number of phenols is 1. The van der Waals surface area contributed by atoms with E-state index in [2.05, 4.69) is 25.7 Å². The molecule has 1 aromatic carbocycles. The van der Waals surface area contributed by atoms with Crippen molar-refractivity contribution < 1.29 is 9.90 Å². The minimum Gasteiger partial charge on any atom is -0.507 e. The standard InChI is InChI=1S/C17H19N5O2S/c1-4-10-5-6-14(23)11(7-10)12-8-13(20-19-12)15(24)18-17-22-21-16(25-17)9(2)3/h5-9,23H,4H2,1-3H3,(H,19,20)(H,18,22,24). The molecule has 7 nitrogen and oxygen atoms in total. The number of nitrogens with one attached hydrogen (secondary N) is 2. The molecule has 130 valence electrons. The first-order valence-corrected chi connectivity index (χ1v) is 8.82. The molecule has 0 saturated carbocycles. The van der Waals surface area contributed by atoms with Crippen LogP contribution in [0.5, 0.6) is 5.75 Å². The molecule has 0 aliphatic heterocycles. The van der Waals surface area contributed by atoms with E-state index in [1.54, 1.807) is 12.1 Å². The van der Waals surface area contributed by atoms with Crippen LogP contribution in [-0.2, 0) is 6.42 Å². The molecule has 0 bridgehead atoms. The van der Waals surface area contributed by atoms with Gasteiger partial charge in [0, 0.05) is 11.5 Å². The molecule has 0 aliphatic rings. The number of aryl methyl sites for hydroxylation is 1. The summed E-state index contributed by atoms with van der Waals surface area (Å²) in [5, 5.41) is 28.9. The Balaban J connectivity index is 1.79. The molecular weight excluding hydrogens is 338 g/mol. The number of aromatic amines is 1. The van der Waals surface area contributed by atoms with Gasteiger partial charge in [0.05, 0.1) is 5.69 Å². The van der Waals surface area contributed by atoms with Crippen LogP contribution in [0.1, 0.15) is 47.7 Å². The van der Waals surface area contributed by atoms with Crippen LogP contribution in [0.25, 0.3) is 11.3 Å². The number of rotatable bonds is 5. The first-order valence-electron chi connectivity index (χ1n) is 8.00. The first-order chi connectivity index (χ1) is 12.0. The molecule has 0 aliphatic carbocycles. The summed E-state index contributed by atoms with van der Waals surface area (Å²) >= 11 is 1.35. The van der Waals surface area contributed by atoms with Crippen LogP contribution in [0.15, 0.2) is 24.3 Å². The SMILES string of the molecule is CCc1ccc(O)c(-c2cc(C(=O)Nc3nnc(C(C)C)s3)[nH]n2)c1. The van der Waals surface area contributed by atoms with Crippen molar-refractivity contribution in [2.75, 3.05) is 5.32 Å². The summed E-state index contributed by atoms with van der Waals surface area (Å²) in [4.78, 5) is 12.3. The minimum atomic E-state index is -0.351. The van der Waals surface area contributed by atoms with Crippen LogP contribution in [0.3, 0.4) is 0 Å². The highest BCUT2D eigenvalue weighted by molar-refractivity contribution is 7.15. The number of nitrogens with zero attached hydrogens (tertiary/aromatic N) is 3. The number of carbonyl (C=O) groups is 1. The number of hydrogen-bond acceptors (Lipinski definition) is 6. The minimum absolute atomic E-state index is 0.126. The maximum Gasteiger partial charge on any atom is 0.275 e. The quantitative estimate of drug-likeness (QED) is 0.647. The third-order valence-corrected chi connectivity index (χ3v) is 4.86. The van der Waals surface area contributed by atoms with Crippen molar-refractivity contribution in [3.8, 4) is 17.0 Å². The third kappa shape index (κ3) is 3.69. The van der Waals surface area contributed by atoms with Crippen LogP contribution in [0.2, 0.25) is 0 Å². The van der Waals surface area contributed by atoms with Gasteiger partial charge in [-0.1, -0.05) is 38.2 Å². The van der Waals surface area contributed by atoms with Crippen LogP contribution < -0.4 is 5.32 Å². The van der Waals surface area contributed by atoms with Gasteiger partial charge >= 0.3 is 0 Å². The van der Waals surface area contributed by atoms with Crippen molar-refractivity contribution in [1.29, 1.82) is 0 Å². The van der Waals surface area contributed by atoms with Gasteiger partial charge in [0.2, 0.25) is 5.13 Å². The molecule has 0 atom stereocenters. The van der Waals surface area contributed by atoms with E-state index in [1.807, 2.05) is 32.9 Å². The Hall–Kier alpha value is -2.74. The zero-order valence-electron chi connectivity index (χ0n) is 14.2. The lowest BCUT2D eigenvalue weighted by molar-refractivity contribution is 0.102. The van der Waals surface area contributed by atoms with Gasteiger partial charge in [-0.3, -0.25) is 15.2 Å². The number of H-pyrrole nitrogens is 1. The molecule has 2 heterocycles. The van der Waals surface area contributed by atoms with Crippen molar-refractivity contribution in [3.05, 3.63) is 40.5 Å². The summed E-state index contributed by atoms with van der Waals surface area (Å²) in [6.45, 7) is 6.07. The molecule has 8 heteroatoms. The van der Waals surface area contributed by atoms with Gasteiger partial charge in [-0.15, -0.1) is 10.2 Å². The lowest BCUT2D eigenvalue weighted by Gasteiger charge is -2.03. The van der Waals surface area contributed by atoms with E-state index in [0.29, 0.717) is 16.4 Å². The second-order valence-corrected chi connectivity index (χ2v) is 6.94. The molecule has 0 saturated heterocycles. The summed E-state index contributed by atoms with van der Waals surface area (Å²) in [5.74, 6) is 0.0356. The fourth-order valence-electron chi connectivity index (χ4n) is 2.27. The van der Waals surface area contributed by atoms with Gasteiger partial charge in [0.15, 0.2) is 0 Å². The molecule has 1 amide bonds. The number of amides is 1. The summed E-state index contributed by atoms with van der Waals surface area (Å²) < 4.78 is 0. The van der Waals surface area contributed by atoms with Gasteiger partial charge < -0.3 is 5.11 Å². The summed E-state index contributed by atoms with van der Waals surface area (Å²) in [6, 6.07) is 6.97. The first kappa shape index (κ1) is 17.1. The Morgan fingerprint density at radius 1 is 1.32 bits per heavy atom. The number of benzene rings is 1. The van der Waals surface area contributed by atoms with Crippen molar-refractivity contribution in [1.82, 2.24) is 20.4 Å². The molecule has 2 aromatic heterocycles. The predicted octanol–water partition coefficient (Wildman–Crippen LogP) is 3.57. The number of anilines is 1. The Bertz CT molecular complexity index is 900. The van der Waals surface area contributed by atoms with Gasteiger partial charge in [-0.2, -0.15) is 5.10 Å². The van der Waals surface area contributed by atoms with Gasteiger partial charge in [0.25, 0.3) is 5.91 Å². The van der Waals surface area contributed by atoms with E-state index >= 15 is 0 Å². The van der Waals surface area contributed by atoms with Crippen LogP contribution in [0.4, 0.5) is 5.13 Å². The Kier molecular flexibility index (Phi) is 4.80. The number of hydrogen-bond donors (Lipinski definition) is 3. The average Bonchev–Trinajstić information content (AvgIpc) is 3.24. The highest BCUT2D eigenvalue weighted by atomic mass is 32.1. The highest BCUT2D eigenvalue weighted by Gasteiger charge is 2.16. The molecule has 0 fully saturated rings. The van der Waals surface area contributed by atoms with Crippen LogP contribution in [0, 0.1) is 0 Å².